The maximum atomic E-state index is 12.1. The zero-order valence-corrected chi connectivity index (χ0v) is 14.6. The van der Waals surface area contributed by atoms with Crippen molar-refractivity contribution in [1.29, 1.82) is 0 Å². The molecule has 1 aliphatic rings. The largest absolute Gasteiger partial charge is 0.348 e. The van der Waals surface area contributed by atoms with Gasteiger partial charge in [-0.05, 0) is 26.7 Å². The van der Waals surface area contributed by atoms with E-state index in [-0.39, 0.29) is 11.3 Å². The summed E-state index contributed by atoms with van der Waals surface area (Å²) in [6.07, 6.45) is 8.92. The lowest BCUT2D eigenvalue weighted by molar-refractivity contribution is -0.868. The Bertz CT molecular complexity index is 294. The van der Waals surface area contributed by atoms with Crippen LogP contribution in [0.15, 0.2) is 0 Å². The van der Waals surface area contributed by atoms with Crippen molar-refractivity contribution in [2.75, 3.05) is 33.7 Å². The first-order chi connectivity index (χ1) is 9.89. The van der Waals surface area contributed by atoms with E-state index in [0.29, 0.717) is 12.6 Å². The fraction of sp³-hybridized carbons (Fsp3) is 0.941. The molecule has 124 valence electrons. The van der Waals surface area contributed by atoms with E-state index in [9.17, 15) is 4.79 Å². The highest BCUT2D eigenvalue weighted by Crippen LogP contribution is 2.16. The van der Waals surface area contributed by atoms with Gasteiger partial charge in [0.15, 0.2) is 6.54 Å². The van der Waals surface area contributed by atoms with Crippen LogP contribution in [0.25, 0.3) is 0 Å². The van der Waals surface area contributed by atoms with Crippen molar-refractivity contribution in [3.8, 4) is 0 Å². The molecule has 0 radical (unpaired) electrons. The van der Waals surface area contributed by atoms with Gasteiger partial charge in [0.1, 0.15) is 0 Å². The third-order valence-corrected chi connectivity index (χ3v) is 4.33. The Balaban J connectivity index is 2.20. The second kappa shape index (κ2) is 9.42. The Morgan fingerprint density at radius 2 is 1.71 bits per heavy atom. The van der Waals surface area contributed by atoms with Crippen LogP contribution in [0.2, 0.25) is 0 Å². The first-order valence-electron chi connectivity index (χ1n) is 8.79. The molecule has 1 rings (SSSR count). The van der Waals surface area contributed by atoms with Crippen molar-refractivity contribution in [1.82, 2.24) is 5.32 Å². The molecular weight excluding hydrogens is 262 g/mol. The van der Waals surface area contributed by atoms with Crippen LogP contribution in [0.3, 0.4) is 0 Å². The molecule has 1 amide bonds. The molecular formula is C17H37N3O+2. The minimum absolute atomic E-state index is 0.216. The van der Waals surface area contributed by atoms with Gasteiger partial charge in [0, 0.05) is 6.04 Å². The van der Waals surface area contributed by atoms with Crippen LogP contribution in [0.5, 0.6) is 0 Å². The van der Waals surface area contributed by atoms with Gasteiger partial charge in [-0.2, -0.15) is 0 Å². The van der Waals surface area contributed by atoms with Gasteiger partial charge >= 0.3 is 0 Å². The van der Waals surface area contributed by atoms with Gasteiger partial charge in [-0.3, -0.25) is 4.79 Å². The summed E-state index contributed by atoms with van der Waals surface area (Å²) in [6, 6.07) is 0.422. The summed E-state index contributed by atoms with van der Waals surface area (Å²) in [7, 11) is 4.37. The van der Waals surface area contributed by atoms with Gasteiger partial charge in [-0.1, -0.05) is 32.1 Å². The Morgan fingerprint density at radius 1 is 1.14 bits per heavy atom. The zero-order valence-electron chi connectivity index (χ0n) is 14.6. The van der Waals surface area contributed by atoms with E-state index in [1.54, 1.807) is 0 Å². The van der Waals surface area contributed by atoms with Crippen molar-refractivity contribution in [3.63, 3.8) is 0 Å². The van der Waals surface area contributed by atoms with Crippen molar-refractivity contribution in [3.05, 3.63) is 0 Å². The Labute approximate surface area is 131 Å². The summed E-state index contributed by atoms with van der Waals surface area (Å²) in [5, 5.41) is 5.41. The number of hydrogen-bond acceptors (Lipinski definition) is 1. The lowest BCUT2D eigenvalue weighted by atomic mass is 9.93. The van der Waals surface area contributed by atoms with E-state index >= 15 is 0 Å². The summed E-state index contributed by atoms with van der Waals surface area (Å²) in [5.74, 6) is 0.216. The third kappa shape index (κ3) is 9.10. The standard InChI is InChI=1S/C17H35N3O/c1-17(2,14-20(3)4)13-18-12-16(21)19-15-10-8-6-5-7-9-11-15/h15,18H,5-14H2,1-4H3,(H,19,21)/p+2. The van der Waals surface area contributed by atoms with Crippen LogP contribution in [0, 0.1) is 5.41 Å². The van der Waals surface area contributed by atoms with Crippen LogP contribution in [-0.2, 0) is 4.79 Å². The summed E-state index contributed by atoms with van der Waals surface area (Å²) in [5.41, 5.74) is 0.277. The van der Waals surface area contributed by atoms with Crippen LogP contribution < -0.4 is 15.5 Å². The topological polar surface area (TPSA) is 50.2 Å². The lowest BCUT2D eigenvalue weighted by Gasteiger charge is -2.24. The van der Waals surface area contributed by atoms with Crippen LogP contribution in [-0.4, -0.2) is 45.7 Å². The van der Waals surface area contributed by atoms with Crippen molar-refractivity contribution < 1.29 is 15.0 Å². The van der Waals surface area contributed by atoms with Gasteiger partial charge in [-0.25, -0.2) is 0 Å². The average Bonchev–Trinajstić information content (AvgIpc) is 2.30. The quantitative estimate of drug-likeness (QED) is 0.606. The first-order valence-corrected chi connectivity index (χ1v) is 8.79. The van der Waals surface area contributed by atoms with Crippen molar-refractivity contribution >= 4 is 5.91 Å². The highest BCUT2D eigenvalue weighted by Gasteiger charge is 2.24. The Morgan fingerprint density at radius 3 is 2.29 bits per heavy atom. The number of rotatable bonds is 7. The minimum atomic E-state index is 0.216. The zero-order chi connectivity index (χ0) is 15.7. The monoisotopic (exact) mass is 299 g/mol. The highest BCUT2D eigenvalue weighted by molar-refractivity contribution is 5.77. The van der Waals surface area contributed by atoms with Crippen molar-refractivity contribution in [2.24, 2.45) is 5.41 Å². The molecule has 0 aromatic heterocycles. The fourth-order valence-electron chi connectivity index (χ4n) is 3.51. The summed E-state index contributed by atoms with van der Waals surface area (Å²) in [6.45, 7) is 7.28. The molecule has 21 heavy (non-hydrogen) atoms. The molecule has 0 aromatic carbocycles. The number of carbonyl (C=O) groups excluding carboxylic acids is 1. The van der Waals surface area contributed by atoms with Crippen LogP contribution in [0.1, 0.15) is 58.8 Å². The molecule has 0 saturated heterocycles. The minimum Gasteiger partial charge on any atom is -0.348 e. The number of amides is 1. The molecule has 4 heteroatoms. The van der Waals surface area contributed by atoms with Gasteiger partial charge in [-0.15, -0.1) is 0 Å². The van der Waals surface area contributed by atoms with E-state index in [1.165, 1.54) is 49.8 Å². The van der Waals surface area contributed by atoms with Gasteiger partial charge in [0.25, 0.3) is 5.91 Å². The van der Waals surface area contributed by atoms with Gasteiger partial charge < -0.3 is 15.5 Å². The predicted octanol–water partition coefficient (Wildman–Crippen LogP) is -0.0504. The van der Waals surface area contributed by atoms with E-state index < -0.39 is 0 Å². The Hall–Kier alpha value is -0.610. The van der Waals surface area contributed by atoms with Gasteiger partial charge in [0.05, 0.1) is 32.6 Å². The maximum absolute atomic E-state index is 12.1. The highest BCUT2D eigenvalue weighted by atomic mass is 16.1. The molecule has 0 unspecified atom stereocenters. The average molecular weight is 300 g/mol. The summed E-state index contributed by atoms with van der Waals surface area (Å²) >= 11 is 0. The summed E-state index contributed by atoms with van der Waals surface area (Å²) in [4.78, 5) is 13.5. The van der Waals surface area contributed by atoms with E-state index in [2.05, 4.69) is 38.6 Å². The molecule has 0 heterocycles. The third-order valence-electron chi connectivity index (χ3n) is 4.33. The first kappa shape index (κ1) is 18.4. The normalized spacial score (nSPS) is 18.3. The predicted molar refractivity (Wildman–Crippen MR) is 87.4 cm³/mol. The maximum Gasteiger partial charge on any atom is 0.275 e. The van der Waals surface area contributed by atoms with E-state index in [0.717, 1.165) is 13.1 Å². The van der Waals surface area contributed by atoms with Crippen LogP contribution >= 0.6 is 0 Å². The van der Waals surface area contributed by atoms with Crippen molar-refractivity contribution in [2.45, 2.75) is 64.8 Å². The molecule has 0 atom stereocenters. The molecule has 4 nitrogen and oxygen atoms in total. The number of carbonyl (C=O) groups is 1. The van der Waals surface area contributed by atoms with E-state index in [4.69, 9.17) is 0 Å². The van der Waals surface area contributed by atoms with Crippen LogP contribution in [0.4, 0.5) is 0 Å². The molecule has 4 N–H and O–H groups in total. The smallest absolute Gasteiger partial charge is 0.275 e. The second-order valence-corrected chi connectivity index (χ2v) is 7.85. The molecule has 0 aliphatic heterocycles. The number of quaternary nitrogens is 2. The molecule has 1 aliphatic carbocycles. The van der Waals surface area contributed by atoms with Gasteiger partial charge in [0.2, 0.25) is 0 Å². The molecule has 0 bridgehead atoms. The Kier molecular flexibility index (Phi) is 8.27. The molecule has 0 aromatic rings. The fourth-order valence-corrected chi connectivity index (χ4v) is 3.51. The number of nitrogens with two attached hydrogens (primary N) is 1. The van der Waals surface area contributed by atoms with E-state index in [1.807, 2.05) is 0 Å². The number of nitrogens with one attached hydrogen (secondary N) is 2. The number of hydrogen-bond donors (Lipinski definition) is 3. The SMILES string of the molecule is C[NH+](C)CC(C)(C)C[NH2+]CC(=O)NC1CCCCCCC1. The second-order valence-electron chi connectivity index (χ2n) is 7.85. The molecule has 1 saturated carbocycles. The lowest BCUT2D eigenvalue weighted by Crippen LogP contribution is -3.08. The molecule has 1 fully saturated rings. The molecule has 0 spiro atoms. The summed E-state index contributed by atoms with van der Waals surface area (Å²) < 4.78 is 0.